The van der Waals surface area contributed by atoms with E-state index in [1.54, 1.807) is 7.11 Å². The molecule has 0 aliphatic carbocycles. The smallest absolute Gasteiger partial charge is 0.193 e. The van der Waals surface area contributed by atoms with Crippen LogP contribution in [-0.2, 0) is 4.74 Å². The molecule has 1 aromatic rings. The number of nitrogens with zero attached hydrogens (tertiary/aromatic N) is 1. The van der Waals surface area contributed by atoms with Gasteiger partial charge < -0.3 is 15.8 Å². The maximum atomic E-state index is 5.79. The van der Waals surface area contributed by atoms with E-state index in [1.807, 2.05) is 45.0 Å². The van der Waals surface area contributed by atoms with Gasteiger partial charge in [-0.05, 0) is 32.9 Å². The van der Waals surface area contributed by atoms with Crippen LogP contribution in [0, 0.1) is 6.92 Å². The fraction of sp³-hybridized carbons (Fsp3) is 0.462. The van der Waals surface area contributed by atoms with Crippen molar-refractivity contribution in [2.45, 2.75) is 26.4 Å². The minimum absolute atomic E-state index is 0.292. The second-order valence-corrected chi connectivity index (χ2v) is 4.66. The van der Waals surface area contributed by atoms with Gasteiger partial charge in [0.1, 0.15) is 0 Å². The van der Waals surface area contributed by atoms with Crippen LogP contribution in [0.4, 0.5) is 5.69 Å². The molecular weight excluding hydrogens is 214 g/mol. The van der Waals surface area contributed by atoms with E-state index in [0.717, 1.165) is 5.69 Å². The van der Waals surface area contributed by atoms with Crippen LogP contribution in [0.1, 0.15) is 19.4 Å². The first-order valence-electron chi connectivity index (χ1n) is 5.62. The van der Waals surface area contributed by atoms with Crippen LogP contribution in [0.3, 0.4) is 0 Å². The Morgan fingerprint density at radius 3 is 2.47 bits per heavy atom. The van der Waals surface area contributed by atoms with E-state index >= 15 is 0 Å². The van der Waals surface area contributed by atoms with Gasteiger partial charge in [0.15, 0.2) is 5.96 Å². The van der Waals surface area contributed by atoms with Crippen molar-refractivity contribution in [3.05, 3.63) is 29.8 Å². The minimum atomic E-state index is -0.292. The molecule has 0 saturated carbocycles. The SMILES string of the molecule is COC(C)(C)CN=C(N)Nc1ccc(C)cc1. The number of rotatable bonds is 4. The fourth-order valence-electron chi connectivity index (χ4n) is 1.16. The van der Waals surface area contributed by atoms with Crippen molar-refractivity contribution in [3.8, 4) is 0 Å². The van der Waals surface area contributed by atoms with E-state index in [-0.39, 0.29) is 5.60 Å². The molecule has 0 bridgehead atoms. The van der Waals surface area contributed by atoms with Gasteiger partial charge >= 0.3 is 0 Å². The van der Waals surface area contributed by atoms with Crippen molar-refractivity contribution in [3.63, 3.8) is 0 Å². The molecule has 1 rings (SSSR count). The highest BCUT2D eigenvalue weighted by atomic mass is 16.5. The van der Waals surface area contributed by atoms with E-state index in [0.29, 0.717) is 12.5 Å². The van der Waals surface area contributed by atoms with E-state index in [1.165, 1.54) is 5.56 Å². The van der Waals surface area contributed by atoms with Crippen molar-refractivity contribution in [2.24, 2.45) is 10.7 Å². The number of guanidine groups is 1. The minimum Gasteiger partial charge on any atom is -0.377 e. The Morgan fingerprint density at radius 2 is 1.94 bits per heavy atom. The average molecular weight is 235 g/mol. The number of methoxy groups -OCH3 is 1. The number of benzene rings is 1. The highest BCUT2D eigenvalue weighted by molar-refractivity contribution is 5.92. The third-order valence-corrected chi connectivity index (χ3v) is 2.51. The number of nitrogens with two attached hydrogens (primary N) is 1. The maximum Gasteiger partial charge on any atom is 0.193 e. The highest BCUT2D eigenvalue weighted by Gasteiger charge is 2.15. The Bertz CT molecular complexity index is 382. The van der Waals surface area contributed by atoms with Gasteiger partial charge in [-0.15, -0.1) is 0 Å². The molecule has 1 aromatic carbocycles. The first-order valence-corrected chi connectivity index (χ1v) is 5.62. The molecule has 0 fully saturated rings. The van der Waals surface area contributed by atoms with Crippen LogP contribution in [0.15, 0.2) is 29.3 Å². The van der Waals surface area contributed by atoms with Gasteiger partial charge in [-0.1, -0.05) is 17.7 Å². The van der Waals surface area contributed by atoms with E-state index in [2.05, 4.69) is 10.3 Å². The van der Waals surface area contributed by atoms with E-state index < -0.39 is 0 Å². The summed E-state index contributed by atoms with van der Waals surface area (Å²) in [6, 6.07) is 7.99. The Balaban J connectivity index is 2.57. The van der Waals surface area contributed by atoms with Crippen LogP contribution in [-0.4, -0.2) is 25.2 Å². The molecule has 0 amide bonds. The first-order chi connectivity index (χ1) is 7.93. The largest absolute Gasteiger partial charge is 0.377 e. The summed E-state index contributed by atoms with van der Waals surface area (Å²) in [4.78, 5) is 4.24. The zero-order chi connectivity index (χ0) is 12.9. The number of hydrogen-bond acceptors (Lipinski definition) is 2. The van der Waals surface area contributed by atoms with Gasteiger partial charge in [-0.25, -0.2) is 0 Å². The van der Waals surface area contributed by atoms with Crippen molar-refractivity contribution in [2.75, 3.05) is 19.0 Å². The fourth-order valence-corrected chi connectivity index (χ4v) is 1.16. The van der Waals surface area contributed by atoms with Crippen molar-refractivity contribution >= 4 is 11.6 Å². The van der Waals surface area contributed by atoms with Gasteiger partial charge in [0, 0.05) is 12.8 Å². The standard InChI is InChI=1S/C13H21N3O/c1-10-5-7-11(8-6-10)16-12(14)15-9-13(2,3)17-4/h5-8H,9H2,1-4H3,(H3,14,15,16). The molecule has 0 heterocycles. The summed E-state index contributed by atoms with van der Waals surface area (Å²) in [5, 5.41) is 3.04. The molecule has 0 radical (unpaired) electrons. The summed E-state index contributed by atoms with van der Waals surface area (Å²) in [6.45, 7) is 6.50. The zero-order valence-electron chi connectivity index (χ0n) is 10.9. The monoisotopic (exact) mass is 235 g/mol. The van der Waals surface area contributed by atoms with Crippen molar-refractivity contribution in [1.82, 2.24) is 0 Å². The van der Waals surface area contributed by atoms with Gasteiger partial charge in [0.05, 0.1) is 12.1 Å². The van der Waals surface area contributed by atoms with Crippen LogP contribution < -0.4 is 11.1 Å². The van der Waals surface area contributed by atoms with Crippen molar-refractivity contribution < 1.29 is 4.74 Å². The van der Waals surface area contributed by atoms with Gasteiger partial charge in [-0.3, -0.25) is 4.99 Å². The topological polar surface area (TPSA) is 59.6 Å². The molecule has 0 aromatic heterocycles. The lowest BCUT2D eigenvalue weighted by Crippen LogP contribution is -2.30. The molecule has 3 N–H and O–H groups in total. The van der Waals surface area contributed by atoms with Crippen LogP contribution >= 0.6 is 0 Å². The molecule has 0 saturated heterocycles. The summed E-state index contributed by atoms with van der Waals surface area (Å²) in [6.07, 6.45) is 0. The molecule has 0 spiro atoms. The average Bonchev–Trinajstić information content (AvgIpc) is 2.30. The second-order valence-electron chi connectivity index (χ2n) is 4.66. The summed E-state index contributed by atoms with van der Waals surface area (Å²) < 4.78 is 5.26. The zero-order valence-corrected chi connectivity index (χ0v) is 10.9. The Morgan fingerprint density at radius 1 is 1.35 bits per heavy atom. The molecule has 4 heteroatoms. The van der Waals surface area contributed by atoms with E-state index in [4.69, 9.17) is 10.5 Å². The molecule has 0 aliphatic heterocycles. The number of ether oxygens (including phenoxy) is 1. The normalized spacial score (nSPS) is 12.6. The van der Waals surface area contributed by atoms with E-state index in [9.17, 15) is 0 Å². The molecule has 0 aliphatic rings. The lowest BCUT2D eigenvalue weighted by molar-refractivity contribution is 0.0312. The van der Waals surface area contributed by atoms with Gasteiger partial charge in [0.25, 0.3) is 0 Å². The molecule has 0 atom stereocenters. The quantitative estimate of drug-likeness (QED) is 0.621. The van der Waals surface area contributed by atoms with Crippen LogP contribution in [0.5, 0.6) is 0 Å². The second kappa shape index (κ2) is 5.68. The number of anilines is 1. The van der Waals surface area contributed by atoms with Crippen LogP contribution in [0.2, 0.25) is 0 Å². The summed E-state index contributed by atoms with van der Waals surface area (Å²) >= 11 is 0. The maximum absolute atomic E-state index is 5.79. The summed E-state index contributed by atoms with van der Waals surface area (Å²) in [5.74, 6) is 0.402. The first kappa shape index (κ1) is 13.5. The molecule has 17 heavy (non-hydrogen) atoms. The third-order valence-electron chi connectivity index (χ3n) is 2.51. The van der Waals surface area contributed by atoms with Gasteiger partial charge in [0.2, 0.25) is 0 Å². The summed E-state index contributed by atoms with van der Waals surface area (Å²) in [5.41, 5.74) is 7.65. The molecule has 0 unspecified atom stereocenters. The molecular formula is C13H21N3O. The Kier molecular flexibility index (Phi) is 4.52. The number of nitrogens with one attached hydrogen (secondary N) is 1. The Hall–Kier alpha value is -1.55. The number of hydrogen-bond donors (Lipinski definition) is 2. The number of aryl methyl sites for hydroxylation is 1. The van der Waals surface area contributed by atoms with Crippen molar-refractivity contribution in [1.29, 1.82) is 0 Å². The van der Waals surface area contributed by atoms with Crippen LogP contribution in [0.25, 0.3) is 0 Å². The lowest BCUT2D eigenvalue weighted by atomic mass is 10.1. The highest BCUT2D eigenvalue weighted by Crippen LogP contribution is 2.09. The van der Waals surface area contributed by atoms with Gasteiger partial charge in [-0.2, -0.15) is 0 Å². The molecule has 4 nitrogen and oxygen atoms in total. The Labute approximate surface area is 103 Å². The predicted octanol–water partition coefficient (Wildman–Crippen LogP) is 2.15. The lowest BCUT2D eigenvalue weighted by Gasteiger charge is -2.20. The molecule has 94 valence electrons. The predicted molar refractivity (Wildman–Crippen MR) is 72.4 cm³/mol. The number of aliphatic imine (C=N–C) groups is 1. The third kappa shape index (κ3) is 4.87. The summed E-state index contributed by atoms with van der Waals surface area (Å²) in [7, 11) is 1.67.